The molecule has 3 rings (SSSR count). The number of rotatable bonds is 4. The van der Waals surface area contributed by atoms with Crippen molar-refractivity contribution in [1.29, 1.82) is 0 Å². The first kappa shape index (κ1) is 18.8. The van der Waals surface area contributed by atoms with Gasteiger partial charge in [-0.25, -0.2) is 9.98 Å². The van der Waals surface area contributed by atoms with Crippen LogP contribution in [0.1, 0.15) is 12.5 Å². The quantitative estimate of drug-likeness (QED) is 0.611. The molecule has 0 spiro atoms. The van der Waals surface area contributed by atoms with Gasteiger partial charge in [-0.1, -0.05) is 12.1 Å². The van der Waals surface area contributed by atoms with Crippen molar-refractivity contribution in [2.45, 2.75) is 13.5 Å². The lowest BCUT2D eigenvalue weighted by Crippen LogP contribution is -2.53. The highest BCUT2D eigenvalue weighted by atomic mass is 16.3. The normalized spacial score (nSPS) is 15.1. The van der Waals surface area contributed by atoms with Crippen molar-refractivity contribution in [2.24, 2.45) is 12.0 Å². The van der Waals surface area contributed by atoms with Crippen LogP contribution >= 0.6 is 0 Å². The van der Waals surface area contributed by atoms with Crippen molar-refractivity contribution >= 4 is 11.8 Å². The van der Waals surface area contributed by atoms with E-state index in [4.69, 9.17) is 4.99 Å². The van der Waals surface area contributed by atoms with Gasteiger partial charge in [0.05, 0.1) is 6.54 Å². The highest BCUT2D eigenvalue weighted by Gasteiger charge is 2.22. The zero-order chi connectivity index (χ0) is 19.2. The van der Waals surface area contributed by atoms with Gasteiger partial charge < -0.3 is 24.8 Å². The summed E-state index contributed by atoms with van der Waals surface area (Å²) in [6.07, 6.45) is 3.33. The van der Waals surface area contributed by atoms with Gasteiger partial charge >= 0.3 is 0 Å². The van der Waals surface area contributed by atoms with Crippen LogP contribution in [0, 0.1) is 0 Å². The molecule has 2 N–H and O–H groups in total. The van der Waals surface area contributed by atoms with E-state index in [0.717, 1.165) is 44.2 Å². The summed E-state index contributed by atoms with van der Waals surface area (Å²) in [5, 5.41) is 12.7. The summed E-state index contributed by atoms with van der Waals surface area (Å²) in [6, 6.07) is 7.09. The lowest BCUT2D eigenvalue weighted by atomic mass is 10.2. The van der Waals surface area contributed by atoms with Gasteiger partial charge in [-0.3, -0.25) is 4.79 Å². The van der Waals surface area contributed by atoms with Crippen LogP contribution < -0.4 is 15.8 Å². The Morgan fingerprint density at radius 3 is 2.59 bits per heavy atom. The molecule has 1 saturated heterocycles. The molecule has 1 aromatic heterocycles. The van der Waals surface area contributed by atoms with Crippen LogP contribution in [-0.4, -0.2) is 58.2 Å². The molecule has 1 aliphatic rings. The molecule has 0 radical (unpaired) electrons. The molecular weight excluding hydrogens is 344 g/mol. The predicted octanol–water partition coefficient (Wildman–Crippen LogP) is 0.774. The topological polar surface area (TPSA) is 86.0 Å². The number of anilines is 1. The van der Waals surface area contributed by atoms with Crippen molar-refractivity contribution in [2.75, 3.05) is 37.6 Å². The molecule has 0 amide bonds. The molecule has 8 heteroatoms. The molecule has 0 saturated carbocycles. The number of hydrogen-bond acceptors (Lipinski definition) is 5. The number of aromatic hydroxyl groups is 1. The van der Waals surface area contributed by atoms with Gasteiger partial charge in [0.1, 0.15) is 5.75 Å². The average molecular weight is 370 g/mol. The SMILES string of the molecule is CCNC(=NCc1ccc(O)cc1)N1CCN(c2nccn(C)c2=O)CC1. The van der Waals surface area contributed by atoms with E-state index < -0.39 is 0 Å². The fourth-order valence-corrected chi connectivity index (χ4v) is 3.02. The predicted molar refractivity (Wildman–Crippen MR) is 106 cm³/mol. The smallest absolute Gasteiger partial charge is 0.293 e. The van der Waals surface area contributed by atoms with Crippen LogP contribution in [-0.2, 0) is 13.6 Å². The second-order valence-corrected chi connectivity index (χ2v) is 6.48. The van der Waals surface area contributed by atoms with Crippen molar-refractivity contribution < 1.29 is 5.11 Å². The summed E-state index contributed by atoms with van der Waals surface area (Å²) in [5.41, 5.74) is 0.970. The number of nitrogens with zero attached hydrogens (tertiary/aromatic N) is 5. The lowest BCUT2D eigenvalue weighted by Gasteiger charge is -2.36. The summed E-state index contributed by atoms with van der Waals surface area (Å²) < 4.78 is 1.55. The van der Waals surface area contributed by atoms with Crippen LogP contribution in [0.2, 0.25) is 0 Å². The van der Waals surface area contributed by atoms with Gasteiger partial charge in [0.25, 0.3) is 5.56 Å². The van der Waals surface area contributed by atoms with Crippen molar-refractivity contribution in [3.8, 4) is 5.75 Å². The molecule has 1 aliphatic heterocycles. The van der Waals surface area contributed by atoms with Gasteiger partial charge in [0.15, 0.2) is 11.8 Å². The number of phenolic OH excluding ortho intramolecular Hbond substituents is 1. The second kappa shape index (κ2) is 8.57. The number of aliphatic imine (C=N–C) groups is 1. The maximum atomic E-state index is 12.3. The fourth-order valence-electron chi connectivity index (χ4n) is 3.02. The van der Waals surface area contributed by atoms with E-state index in [9.17, 15) is 9.90 Å². The van der Waals surface area contributed by atoms with Gasteiger partial charge in [-0.15, -0.1) is 0 Å². The Morgan fingerprint density at radius 2 is 1.93 bits per heavy atom. The number of piperazine rings is 1. The van der Waals surface area contributed by atoms with Gasteiger partial charge in [-0.05, 0) is 24.6 Å². The third-order valence-electron chi connectivity index (χ3n) is 4.56. The van der Waals surface area contributed by atoms with Crippen molar-refractivity contribution in [1.82, 2.24) is 19.8 Å². The molecule has 1 fully saturated rings. The Labute approximate surface area is 158 Å². The Kier molecular flexibility index (Phi) is 5.95. The summed E-state index contributed by atoms with van der Waals surface area (Å²) >= 11 is 0. The van der Waals surface area contributed by atoms with Gasteiger partial charge in [0.2, 0.25) is 0 Å². The van der Waals surface area contributed by atoms with E-state index in [2.05, 4.69) is 15.2 Å². The molecular formula is C19H26N6O2. The van der Waals surface area contributed by atoms with E-state index >= 15 is 0 Å². The summed E-state index contributed by atoms with van der Waals surface area (Å²) in [5.74, 6) is 1.62. The Hall–Kier alpha value is -3.03. The van der Waals surface area contributed by atoms with E-state index in [1.807, 2.05) is 24.0 Å². The Bertz CT molecular complexity index is 838. The monoisotopic (exact) mass is 370 g/mol. The molecule has 1 aromatic carbocycles. The van der Waals surface area contributed by atoms with E-state index in [0.29, 0.717) is 12.4 Å². The molecule has 0 unspecified atom stereocenters. The van der Waals surface area contributed by atoms with Gasteiger partial charge in [-0.2, -0.15) is 0 Å². The van der Waals surface area contributed by atoms with Gasteiger partial charge in [0, 0.05) is 52.2 Å². The fraction of sp³-hybridized carbons (Fsp3) is 0.421. The number of nitrogens with one attached hydrogen (secondary N) is 1. The zero-order valence-corrected chi connectivity index (χ0v) is 15.8. The Morgan fingerprint density at radius 1 is 1.22 bits per heavy atom. The van der Waals surface area contributed by atoms with Crippen LogP contribution in [0.25, 0.3) is 0 Å². The molecule has 0 atom stereocenters. The number of phenols is 1. The van der Waals surface area contributed by atoms with Crippen LogP contribution in [0.5, 0.6) is 5.75 Å². The third kappa shape index (κ3) is 4.58. The van der Waals surface area contributed by atoms with Crippen molar-refractivity contribution in [3.63, 3.8) is 0 Å². The molecule has 8 nitrogen and oxygen atoms in total. The summed E-state index contributed by atoms with van der Waals surface area (Å²) in [7, 11) is 1.74. The number of hydrogen-bond donors (Lipinski definition) is 2. The van der Waals surface area contributed by atoms with E-state index in [-0.39, 0.29) is 11.3 Å². The minimum atomic E-state index is -0.0705. The van der Waals surface area contributed by atoms with Crippen LogP contribution in [0.15, 0.2) is 46.4 Å². The highest BCUT2D eigenvalue weighted by molar-refractivity contribution is 5.80. The number of benzene rings is 1. The average Bonchev–Trinajstić information content (AvgIpc) is 2.69. The Balaban J connectivity index is 1.66. The van der Waals surface area contributed by atoms with E-state index in [1.165, 1.54) is 0 Å². The number of guanidine groups is 1. The minimum Gasteiger partial charge on any atom is -0.508 e. The van der Waals surface area contributed by atoms with Crippen molar-refractivity contribution in [3.05, 3.63) is 52.6 Å². The van der Waals surface area contributed by atoms with Crippen LogP contribution in [0.4, 0.5) is 5.82 Å². The first-order valence-electron chi connectivity index (χ1n) is 9.16. The highest BCUT2D eigenvalue weighted by Crippen LogP contribution is 2.12. The maximum absolute atomic E-state index is 12.3. The molecule has 2 heterocycles. The van der Waals surface area contributed by atoms with E-state index in [1.54, 1.807) is 36.1 Å². The standard InChI is InChI=1S/C19H26N6O2/c1-3-20-19(22-14-15-4-6-16(26)7-5-15)25-12-10-24(11-13-25)17-18(27)23(2)9-8-21-17/h4-9,26H,3,10-14H2,1-2H3,(H,20,22). The molecule has 0 bridgehead atoms. The zero-order valence-electron chi connectivity index (χ0n) is 15.8. The summed E-state index contributed by atoms with van der Waals surface area (Å²) in [6.45, 7) is 6.34. The lowest BCUT2D eigenvalue weighted by molar-refractivity contribution is 0.370. The summed E-state index contributed by atoms with van der Waals surface area (Å²) in [4.78, 5) is 25.5. The molecule has 27 heavy (non-hydrogen) atoms. The first-order valence-corrected chi connectivity index (χ1v) is 9.16. The van der Waals surface area contributed by atoms with Crippen LogP contribution in [0.3, 0.4) is 0 Å². The third-order valence-corrected chi connectivity index (χ3v) is 4.56. The second-order valence-electron chi connectivity index (χ2n) is 6.48. The maximum Gasteiger partial charge on any atom is 0.293 e. The number of aryl methyl sites for hydroxylation is 1. The first-order chi connectivity index (χ1) is 13.1. The minimum absolute atomic E-state index is 0.0705. The molecule has 2 aromatic rings. The number of aromatic nitrogens is 2. The molecule has 0 aliphatic carbocycles. The molecule has 144 valence electrons. The largest absolute Gasteiger partial charge is 0.508 e.